The number of pyridine rings is 1. The highest BCUT2D eigenvalue weighted by atomic mass is 32.1. The predicted molar refractivity (Wildman–Crippen MR) is 126 cm³/mol. The van der Waals surface area contributed by atoms with Gasteiger partial charge in [-0.15, -0.1) is 0 Å². The van der Waals surface area contributed by atoms with Gasteiger partial charge in [0.25, 0.3) is 0 Å². The molecule has 0 aliphatic rings. The van der Waals surface area contributed by atoms with E-state index in [1.807, 2.05) is 37.4 Å². The lowest BCUT2D eigenvalue weighted by atomic mass is 10.0. The molecule has 2 aromatic carbocycles. The Hall–Kier alpha value is -3.38. The Morgan fingerprint density at radius 3 is 1.94 bits per heavy atom. The first-order valence-electron chi connectivity index (χ1n) is 9.75. The molecular weight excluding hydrogens is 408 g/mol. The lowest BCUT2D eigenvalue weighted by Crippen LogP contribution is -1.96. The zero-order valence-corrected chi connectivity index (χ0v) is 19.2. The van der Waals surface area contributed by atoms with Gasteiger partial charge in [-0.2, -0.15) is 4.37 Å². The van der Waals surface area contributed by atoms with E-state index in [1.54, 1.807) is 27.5 Å². The molecular formula is C25H26N2O3S. The van der Waals surface area contributed by atoms with Crippen LogP contribution in [-0.4, -0.2) is 30.7 Å². The van der Waals surface area contributed by atoms with Crippen LogP contribution < -0.4 is 14.2 Å². The highest BCUT2D eigenvalue weighted by Crippen LogP contribution is 2.43. The third-order valence-electron chi connectivity index (χ3n) is 4.68. The number of nitrogens with zero attached hydrogens (tertiary/aromatic N) is 2. The number of rotatable bonds is 5. The number of benzene rings is 2. The summed E-state index contributed by atoms with van der Waals surface area (Å²) in [5.41, 5.74) is 6.51. The van der Waals surface area contributed by atoms with Crippen LogP contribution in [0.1, 0.15) is 11.1 Å². The summed E-state index contributed by atoms with van der Waals surface area (Å²) in [6.07, 6.45) is 3.60. The number of ether oxygens (including phenoxy) is 3. The fraction of sp³-hybridized carbons (Fsp3) is 0.200. The van der Waals surface area contributed by atoms with E-state index in [1.165, 1.54) is 22.7 Å². The van der Waals surface area contributed by atoms with Crippen molar-refractivity contribution in [3.05, 3.63) is 77.4 Å². The van der Waals surface area contributed by atoms with Crippen molar-refractivity contribution in [1.29, 1.82) is 0 Å². The minimum atomic E-state index is 0.580. The molecule has 6 heteroatoms. The van der Waals surface area contributed by atoms with Crippen LogP contribution in [0.4, 0.5) is 0 Å². The maximum atomic E-state index is 5.45. The Balaban J connectivity index is 0.000000330. The highest BCUT2D eigenvalue weighted by molar-refractivity contribution is 7.04. The molecule has 2 aromatic heterocycles. The fourth-order valence-corrected chi connectivity index (χ4v) is 3.76. The van der Waals surface area contributed by atoms with Crippen LogP contribution in [0.2, 0.25) is 0 Å². The molecule has 31 heavy (non-hydrogen) atoms. The van der Waals surface area contributed by atoms with Crippen LogP contribution >= 0.6 is 11.5 Å². The SMILES string of the molecule is COc1cc(-c2nscc2-c2ccc(C)cc2)cc(OC)c1OC.Cc1cccnc1. The fourth-order valence-electron chi connectivity index (χ4n) is 3.05. The number of aromatic nitrogens is 2. The molecule has 0 bridgehead atoms. The molecule has 0 spiro atoms. The van der Waals surface area contributed by atoms with Crippen LogP contribution in [-0.2, 0) is 0 Å². The Kier molecular flexibility index (Phi) is 7.62. The third-order valence-corrected chi connectivity index (χ3v) is 5.31. The maximum Gasteiger partial charge on any atom is 0.203 e. The van der Waals surface area contributed by atoms with Crippen molar-refractivity contribution >= 4 is 11.5 Å². The van der Waals surface area contributed by atoms with Gasteiger partial charge in [0.1, 0.15) is 0 Å². The Bertz CT molecular complexity index is 1080. The van der Waals surface area contributed by atoms with E-state index >= 15 is 0 Å². The first-order valence-corrected chi connectivity index (χ1v) is 10.6. The monoisotopic (exact) mass is 434 g/mol. The van der Waals surface area contributed by atoms with Gasteiger partial charge < -0.3 is 14.2 Å². The standard InChI is InChI=1S/C19H19NO3S.C6H7N/c1-12-5-7-13(8-6-12)15-11-24-20-18(15)14-9-16(21-2)19(23-4)17(10-14)22-3;1-6-3-2-4-7-5-6/h5-11H,1-4H3;2-5H,1H3. The predicted octanol–water partition coefficient (Wildman–Crippen LogP) is 6.20. The van der Waals surface area contributed by atoms with Gasteiger partial charge in [-0.25, -0.2) is 0 Å². The van der Waals surface area contributed by atoms with Crippen molar-refractivity contribution in [2.45, 2.75) is 13.8 Å². The summed E-state index contributed by atoms with van der Waals surface area (Å²) in [5.74, 6) is 1.82. The Morgan fingerprint density at radius 1 is 0.774 bits per heavy atom. The third kappa shape index (κ3) is 5.41. The van der Waals surface area contributed by atoms with Gasteiger partial charge in [-0.1, -0.05) is 35.9 Å². The van der Waals surface area contributed by atoms with Gasteiger partial charge in [0.05, 0.1) is 27.0 Å². The van der Waals surface area contributed by atoms with Gasteiger partial charge in [-0.05, 0) is 54.7 Å². The summed E-state index contributed by atoms with van der Waals surface area (Å²) in [5, 5.41) is 2.06. The second-order valence-corrected chi connectivity index (χ2v) is 7.52. The van der Waals surface area contributed by atoms with Crippen LogP contribution in [0, 0.1) is 13.8 Å². The molecule has 2 heterocycles. The molecule has 4 rings (SSSR count). The van der Waals surface area contributed by atoms with E-state index in [9.17, 15) is 0 Å². The molecule has 5 nitrogen and oxygen atoms in total. The molecule has 0 amide bonds. The van der Waals surface area contributed by atoms with Crippen molar-refractivity contribution in [2.75, 3.05) is 21.3 Å². The summed E-state index contributed by atoms with van der Waals surface area (Å²) >= 11 is 1.43. The number of aryl methyl sites for hydroxylation is 2. The van der Waals surface area contributed by atoms with E-state index in [0.717, 1.165) is 22.4 Å². The van der Waals surface area contributed by atoms with Gasteiger partial charge in [0, 0.05) is 28.9 Å². The van der Waals surface area contributed by atoms with E-state index in [-0.39, 0.29) is 0 Å². The summed E-state index contributed by atoms with van der Waals surface area (Å²) in [6.45, 7) is 4.10. The van der Waals surface area contributed by atoms with Gasteiger partial charge in [-0.3, -0.25) is 4.98 Å². The first-order chi connectivity index (χ1) is 15.1. The highest BCUT2D eigenvalue weighted by Gasteiger charge is 2.18. The van der Waals surface area contributed by atoms with E-state index in [2.05, 4.69) is 45.9 Å². The normalized spacial score (nSPS) is 10.1. The summed E-state index contributed by atoms with van der Waals surface area (Å²) < 4.78 is 20.9. The average molecular weight is 435 g/mol. The minimum absolute atomic E-state index is 0.580. The number of hydrogen-bond acceptors (Lipinski definition) is 6. The molecule has 0 unspecified atom stereocenters. The van der Waals surface area contributed by atoms with Crippen molar-refractivity contribution in [2.24, 2.45) is 0 Å². The van der Waals surface area contributed by atoms with Gasteiger partial charge in [0.2, 0.25) is 5.75 Å². The van der Waals surface area contributed by atoms with Crippen LogP contribution in [0.15, 0.2) is 66.3 Å². The van der Waals surface area contributed by atoms with E-state index < -0.39 is 0 Å². The minimum Gasteiger partial charge on any atom is -0.493 e. The second kappa shape index (κ2) is 10.6. The summed E-state index contributed by atoms with van der Waals surface area (Å²) in [7, 11) is 4.83. The van der Waals surface area contributed by atoms with Crippen molar-refractivity contribution < 1.29 is 14.2 Å². The Morgan fingerprint density at radius 2 is 1.45 bits per heavy atom. The first kappa shape index (κ1) is 22.3. The van der Waals surface area contributed by atoms with Crippen molar-refractivity contribution in [3.63, 3.8) is 0 Å². The molecule has 0 aliphatic heterocycles. The molecule has 160 valence electrons. The van der Waals surface area contributed by atoms with Crippen LogP contribution in [0.5, 0.6) is 17.2 Å². The zero-order chi connectivity index (χ0) is 22.2. The summed E-state index contributed by atoms with van der Waals surface area (Å²) in [4.78, 5) is 3.88. The molecule has 4 aromatic rings. The molecule has 0 saturated carbocycles. The van der Waals surface area contributed by atoms with E-state index in [0.29, 0.717) is 17.2 Å². The van der Waals surface area contributed by atoms with Crippen molar-refractivity contribution in [1.82, 2.24) is 9.36 Å². The number of methoxy groups -OCH3 is 3. The molecule has 0 saturated heterocycles. The zero-order valence-electron chi connectivity index (χ0n) is 18.4. The molecule has 0 atom stereocenters. The molecule has 0 N–H and O–H groups in total. The largest absolute Gasteiger partial charge is 0.493 e. The van der Waals surface area contributed by atoms with Crippen LogP contribution in [0.25, 0.3) is 22.4 Å². The number of hydrogen-bond donors (Lipinski definition) is 0. The molecule has 0 aliphatic carbocycles. The molecule has 0 radical (unpaired) electrons. The summed E-state index contributed by atoms with van der Waals surface area (Å²) in [6, 6.07) is 16.2. The second-order valence-electron chi connectivity index (χ2n) is 6.89. The maximum absolute atomic E-state index is 5.45. The van der Waals surface area contributed by atoms with E-state index in [4.69, 9.17) is 14.2 Å². The lowest BCUT2D eigenvalue weighted by Gasteiger charge is -2.14. The Labute approximate surface area is 187 Å². The van der Waals surface area contributed by atoms with Crippen molar-refractivity contribution in [3.8, 4) is 39.6 Å². The van der Waals surface area contributed by atoms with Gasteiger partial charge >= 0.3 is 0 Å². The molecule has 0 fully saturated rings. The smallest absolute Gasteiger partial charge is 0.203 e. The van der Waals surface area contributed by atoms with Gasteiger partial charge in [0.15, 0.2) is 11.5 Å². The quantitative estimate of drug-likeness (QED) is 0.374. The van der Waals surface area contributed by atoms with Crippen LogP contribution in [0.3, 0.4) is 0 Å². The average Bonchev–Trinajstić information content (AvgIpc) is 3.29. The lowest BCUT2D eigenvalue weighted by molar-refractivity contribution is 0.324. The topological polar surface area (TPSA) is 53.5 Å².